The summed E-state index contributed by atoms with van der Waals surface area (Å²) in [7, 11) is 0. The summed E-state index contributed by atoms with van der Waals surface area (Å²) in [4.78, 5) is 11.7. The van der Waals surface area contributed by atoms with Crippen molar-refractivity contribution in [2.45, 2.75) is 33.2 Å². The van der Waals surface area contributed by atoms with Crippen LogP contribution < -0.4 is 10.6 Å². The van der Waals surface area contributed by atoms with E-state index in [1.807, 2.05) is 24.3 Å². The number of carbonyl (C=O) groups excluding carboxylic acids is 1. The first-order chi connectivity index (χ1) is 10.6. The number of benzene rings is 2. The third-order valence-electron chi connectivity index (χ3n) is 4.09. The molecule has 1 amide bonds. The monoisotopic (exact) mass is 294 g/mol. The molecule has 0 saturated heterocycles. The second kappa shape index (κ2) is 6.22. The van der Waals surface area contributed by atoms with Crippen LogP contribution in [0.15, 0.2) is 42.5 Å². The van der Waals surface area contributed by atoms with E-state index >= 15 is 0 Å². The maximum Gasteiger partial charge on any atom is 0.227 e. The SMILES string of the molecule is Cc1ccc(C)c(CNc2ccc(NC(=O)C3CC3)cc2)c1. The minimum absolute atomic E-state index is 0.149. The lowest BCUT2D eigenvalue weighted by molar-refractivity contribution is -0.117. The van der Waals surface area contributed by atoms with Crippen molar-refractivity contribution in [1.82, 2.24) is 0 Å². The molecule has 1 aliphatic rings. The highest BCUT2D eigenvalue weighted by atomic mass is 16.2. The van der Waals surface area contributed by atoms with E-state index in [0.29, 0.717) is 0 Å². The van der Waals surface area contributed by atoms with Crippen molar-refractivity contribution >= 4 is 17.3 Å². The van der Waals surface area contributed by atoms with Crippen LogP contribution in [-0.2, 0) is 11.3 Å². The highest BCUT2D eigenvalue weighted by molar-refractivity contribution is 5.94. The minimum Gasteiger partial charge on any atom is -0.381 e. The van der Waals surface area contributed by atoms with Gasteiger partial charge < -0.3 is 10.6 Å². The Balaban J connectivity index is 1.58. The predicted octanol–water partition coefficient (Wildman–Crippen LogP) is 4.26. The fourth-order valence-corrected chi connectivity index (χ4v) is 2.45. The van der Waals surface area contributed by atoms with Crippen molar-refractivity contribution in [2.24, 2.45) is 5.92 Å². The maximum atomic E-state index is 11.7. The maximum absolute atomic E-state index is 11.7. The molecule has 0 heterocycles. The zero-order chi connectivity index (χ0) is 15.5. The van der Waals surface area contributed by atoms with Gasteiger partial charge in [-0.3, -0.25) is 4.79 Å². The van der Waals surface area contributed by atoms with Crippen molar-refractivity contribution < 1.29 is 4.79 Å². The van der Waals surface area contributed by atoms with Gasteiger partial charge in [0, 0.05) is 23.8 Å². The first kappa shape index (κ1) is 14.6. The Morgan fingerprint density at radius 3 is 2.41 bits per heavy atom. The molecule has 0 spiro atoms. The highest BCUT2D eigenvalue weighted by Gasteiger charge is 2.29. The Labute approximate surface area is 131 Å². The summed E-state index contributed by atoms with van der Waals surface area (Å²) < 4.78 is 0. The molecule has 3 heteroatoms. The molecule has 0 atom stereocenters. The van der Waals surface area contributed by atoms with E-state index in [-0.39, 0.29) is 11.8 Å². The topological polar surface area (TPSA) is 41.1 Å². The van der Waals surface area contributed by atoms with Crippen LogP contribution in [0, 0.1) is 19.8 Å². The van der Waals surface area contributed by atoms with Crippen LogP contribution in [0.25, 0.3) is 0 Å². The molecule has 0 aliphatic heterocycles. The third kappa shape index (κ3) is 3.67. The van der Waals surface area contributed by atoms with Gasteiger partial charge in [0.1, 0.15) is 0 Å². The Morgan fingerprint density at radius 1 is 1.05 bits per heavy atom. The van der Waals surface area contributed by atoms with Gasteiger partial charge in [-0.1, -0.05) is 23.8 Å². The molecule has 114 valence electrons. The molecule has 2 aromatic rings. The second-order valence-corrected chi connectivity index (χ2v) is 6.12. The molecule has 1 aliphatic carbocycles. The van der Waals surface area contributed by atoms with E-state index < -0.39 is 0 Å². The zero-order valence-corrected chi connectivity index (χ0v) is 13.1. The molecule has 3 nitrogen and oxygen atoms in total. The van der Waals surface area contributed by atoms with Gasteiger partial charge in [-0.15, -0.1) is 0 Å². The van der Waals surface area contributed by atoms with Gasteiger partial charge in [0.05, 0.1) is 0 Å². The van der Waals surface area contributed by atoms with Gasteiger partial charge in [-0.2, -0.15) is 0 Å². The van der Waals surface area contributed by atoms with E-state index in [0.717, 1.165) is 30.8 Å². The first-order valence-corrected chi connectivity index (χ1v) is 7.83. The van der Waals surface area contributed by atoms with Crippen LogP contribution in [0.1, 0.15) is 29.5 Å². The quantitative estimate of drug-likeness (QED) is 0.865. The average molecular weight is 294 g/mol. The van der Waals surface area contributed by atoms with Crippen LogP contribution in [0.3, 0.4) is 0 Å². The van der Waals surface area contributed by atoms with Gasteiger partial charge in [-0.05, 0) is 62.1 Å². The predicted molar refractivity (Wildman–Crippen MR) is 91.0 cm³/mol. The average Bonchev–Trinajstić information content (AvgIpc) is 3.34. The highest BCUT2D eigenvalue weighted by Crippen LogP contribution is 2.30. The van der Waals surface area contributed by atoms with Crippen LogP contribution in [0.4, 0.5) is 11.4 Å². The van der Waals surface area contributed by atoms with Crippen molar-refractivity contribution in [1.29, 1.82) is 0 Å². The lowest BCUT2D eigenvalue weighted by Crippen LogP contribution is -2.13. The van der Waals surface area contributed by atoms with E-state index in [9.17, 15) is 4.79 Å². The zero-order valence-electron chi connectivity index (χ0n) is 13.1. The number of nitrogens with one attached hydrogen (secondary N) is 2. The van der Waals surface area contributed by atoms with Gasteiger partial charge in [-0.25, -0.2) is 0 Å². The molecule has 0 bridgehead atoms. The number of carbonyl (C=O) groups is 1. The second-order valence-electron chi connectivity index (χ2n) is 6.12. The lowest BCUT2D eigenvalue weighted by Gasteiger charge is -2.11. The van der Waals surface area contributed by atoms with Crippen LogP contribution >= 0.6 is 0 Å². The molecule has 0 aromatic heterocycles. The van der Waals surface area contributed by atoms with E-state index in [2.05, 4.69) is 42.7 Å². The Hall–Kier alpha value is -2.29. The van der Waals surface area contributed by atoms with Crippen LogP contribution in [-0.4, -0.2) is 5.91 Å². The summed E-state index contributed by atoms with van der Waals surface area (Å²) in [6, 6.07) is 14.4. The molecule has 1 fully saturated rings. The van der Waals surface area contributed by atoms with Crippen LogP contribution in [0.2, 0.25) is 0 Å². The molecule has 2 N–H and O–H groups in total. The van der Waals surface area contributed by atoms with Crippen molar-refractivity contribution in [3.8, 4) is 0 Å². The van der Waals surface area contributed by atoms with E-state index in [4.69, 9.17) is 0 Å². The number of hydrogen-bond donors (Lipinski definition) is 2. The smallest absolute Gasteiger partial charge is 0.227 e. The molecular weight excluding hydrogens is 272 g/mol. The third-order valence-corrected chi connectivity index (χ3v) is 4.09. The molecular formula is C19H22N2O. The van der Waals surface area contributed by atoms with Crippen molar-refractivity contribution in [3.05, 3.63) is 59.2 Å². The van der Waals surface area contributed by atoms with Crippen molar-refractivity contribution in [2.75, 3.05) is 10.6 Å². The summed E-state index contributed by atoms with van der Waals surface area (Å²) in [5.41, 5.74) is 5.82. The number of hydrogen-bond acceptors (Lipinski definition) is 2. The number of aryl methyl sites for hydroxylation is 2. The fourth-order valence-electron chi connectivity index (χ4n) is 2.45. The first-order valence-electron chi connectivity index (χ1n) is 7.83. The summed E-state index contributed by atoms with van der Waals surface area (Å²) in [6.45, 7) is 5.05. The van der Waals surface area contributed by atoms with Gasteiger partial charge >= 0.3 is 0 Å². The summed E-state index contributed by atoms with van der Waals surface area (Å²) in [5, 5.41) is 6.39. The molecule has 0 radical (unpaired) electrons. The molecule has 3 rings (SSSR count). The van der Waals surface area contributed by atoms with Gasteiger partial charge in [0.25, 0.3) is 0 Å². The van der Waals surface area contributed by atoms with Crippen LogP contribution in [0.5, 0.6) is 0 Å². The molecule has 0 unspecified atom stereocenters. The number of anilines is 2. The number of amides is 1. The Bertz CT molecular complexity index is 672. The lowest BCUT2D eigenvalue weighted by atomic mass is 10.1. The van der Waals surface area contributed by atoms with Crippen molar-refractivity contribution in [3.63, 3.8) is 0 Å². The summed E-state index contributed by atoms with van der Waals surface area (Å²) >= 11 is 0. The van der Waals surface area contributed by atoms with E-state index in [1.54, 1.807) is 0 Å². The summed E-state index contributed by atoms with van der Waals surface area (Å²) in [6.07, 6.45) is 2.06. The van der Waals surface area contributed by atoms with Gasteiger partial charge in [0.2, 0.25) is 5.91 Å². The number of rotatable bonds is 5. The minimum atomic E-state index is 0.149. The van der Waals surface area contributed by atoms with Gasteiger partial charge in [0.15, 0.2) is 0 Å². The normalized spacial score (nSPS) is 13.7. The standard InChI is InChI=1S/C19H22N2O/c1-13-3-4-14(2)16(11-13)12-20-17-7-9-18(10-8-17)21-19(22)15-5-6-15/h3-4,7-11,15,20H,5-6,12H2,1-2H3,(H,21,22). The summed E-state index contributed by atoms with van der Waals surface area (Å²) in [5.74, 6) is 0.387. The Kier molecular flexibility index (Phi) is 4.14. The largest absolute Gasteiger partial charge is 0.381 e. The fraction of sp³-hybridized carbons (Fsp3) is 0.316. The Morgan fingerprint density at radius 2 is 1.73 bits per heavy atom. The molecule has 1 saturated carbocycles. The molecule has 2 aromatic carbocycles. The van der Waals surface area contributed by atoms with E-state index in [1.165, 1.54) is 16.7 Å². The molecule has 22 heavy (non-hydrogen) atoms.